The Balaban J connectivity index is 2.10. The zero-order chi connectivity index (χ0) is 12.1. The molecule has 0 radical (unpaired) electrons. The molecule has 2 aromatic rings. The van der Waals surface area contributed by atoms with E-state index in [4.69, 9.17) is 10.00 Å². The van der Waals surface area contributed by atoms with Crippen LogP contribution in [0.3, 0.4) is 0 Å². The Labute approximate surface area is 109 Å². The summed E-state index contributed by atoms with van der Waals surface area (Å²) in [6.07, 6.45) is 0. The monoisotopic (exact) mass is 287 g/mol. The van der Waals surface area contributed by atoms with Crippen LogP contribution in [0.25, 0.3) is 0 Å². The Hall–Kier alpha value is -1.79. The van der Waals surface area contributed by atoms with Gasteiger partial charge in [0.25, 0.3) is 0 Å². The summed E-state index contributed by atoms with van der Waals surface area (Å²) in [5, 5.41) is 8.92. The SMILES string of the molecule is N#Cc1ccccc1OCc1cccc(Br)c1. The fraction of sp³-hybridized carbons (Fsp3) is 0.0714. The van der Waals surface area contributed by atoms with Gasteiger partial charge in [-0.3, -0.25) is 0 Å². The molecule has 0 aliphatic heterocycles. The lowest BCUT2D eigenvalue weighted by atomic mass is 10.2. The Bertz CT molecular complexity index is 560. The molecule has 3 heteroatoms. The minimum absolute atomic E-state index is 0.456. The van der Waals surface area contributed by atoms with E-state index in [9.17, 15) is 0 Å². The normalized spacial score (nSPS) is 9.65. The zero-order valence-corrected chi connectivity index (χ0v) is 10.6. The van der Waals surface area contributed by atoms with Crippen LogP contribution in [0.1, 0.15) is 11.1 Å². The summed E-state index contributed by atoms with van der Waals surface area (Å²) in [5.41, 5.74) is 1.62. The van der Waals surface area contributed by atoms with Crippen molar-refractivity contribution >= 4 is 15.9 Å². The lowest BCUT2D eigenvalue weighted by Gasteiger charge is -2.07. The van der Waals surface area contributed by atoms with Gasteiger partial charge in [-0.2, -0.15) is 5.26 Å². The van der Waals surface area contributed by atoms with Crippen LogP contribution in [-0.2, 0) is 6.61 Å². The van der Waals surface area contributed by atoms with Crippen molar-refractivity contribution < 1.29 is 4.74 Å². The molecule has 0 atom stereocenters. The molecule has 0 bridgehead atoms. The van der Waals surface area contributed by atoms with E-state index >= 15 is 0 Å². The van der Waals surface area contributed by atoms with Crippen LogP contribution in [0.5, 0.6) is 5.75 Å². The molecule has 0 aliphatic carbocycles. The van der Waals surface area contributed by atoms with E-state index in [1.54, 1.807) is 12.1 Å². The van der Waals surface area contributed by atoms with Crippen molar-refractivity contribution in [2.24, 2.45) is 0 Å². The minimum atomic E-state index is 0.456. The molecular formula is C14H10BrNO. The molecule has 0 saturated heterocycles. The van der Waals surface area contributed by atoms with Gasteiger partial charge in [-0.25, -0.2) is 0 Å². The van der Waals surface area contributed by atoms with Gasteiger partial charge in [0, 0.05) is 4.47 Å². The van der Waals surface area contributed by atoms with Crippen molar-refractivity contribution in [3.05, 3.63) is 64.1 Å². The molecule has 0 N–H and O–H groups in total. The smallest absolute Gasteiger partial charge is 0.137 e. The van der Waals surface area contributed by atoms with E-state index < -0.39 is 0 Å². The Morgan fingerprint density at radius 3 is 2.71 bits per heavy atom. The molecule has 2 aromatic carbocycles. The quantitative estimate of drug-likeness (QED) is 0.858. The molecule has 0 heterocycles. The maximum absolute atomic E-state index is 8.92. The third-order valence-electron chi connectivity index (χ3n) is 2.29. The predicted molar refractivity (Wildman–Crippen MR) is 69.6 cm³/mol. The van der Waals surface area contributed by atoms with E-state index in [0.29, 0.717) is 17.9 Å². The van der Waals surface area contributed by atoms with Crippen LogP contribution in [0.4, 0.5) is 0 Å². The predicted octanol–water partition coefficient (Wildman–Crippen LogP) is 3.90. The van der Waals surface area contributed by atoms with E-state index in [-0.39, 0.29) is 0 Å². The summed E-state index contributed by atoms with van der Waals surface area (Å²) in [7, 11) is 0. The van der Waals surface area contributed by atoms with Crippen molar-refractivity contribution in [2.75, 3.05) is 0 Å². The number of hydrogen-bond donors (Lipinski definition) is 0. The first kappa shape index (κ1) is 11.7. The molecule has 0 amide bonds. The third-order valence-corrected chi connectivity index (χ3v) is 2.78. The van der Waals surface area contributed by atoms with E-state index in [1.807, 2.05) is 36.4 Å². The lowest BCUT2D eigenvalue weighted by Crippen LogP contribution is -1.96. The minimum Gasteiger partial charge on any atom is -0.488 e. The Morgan fingerprint density at radius 2 is 1.94 bits per heavy atom. The van der Waals surface area contributed by atoms with Crippen LogP contribution in [0.2, 0.25) is 0 Å². The van der Waals surface area contributed by atoms with Crippen LogP contribution in [-0.4, -0.2) is 0 Å². The fourth-order valence-electron chi connectivity index (χ4n) is 1.47. The fourth-order valence-corrected chi connectivity index (χ4v) is 1.92. The molecular weight excluding hydrogens is 278 g/mol. The number of halogens is 1. The van der Waals surface area contributed by atoms with Crippen molar-refractivity contribution in [1.29, 1.82) is 5.26 Å². The second-order valence-corrected chi connectivity index (χ2v) is 4.44. The van der Waals surface area contributed by atoms with E-state index in [2.05, 4.69) is 22.0 Å². The van der Waals surface area contributed by atoms with Gasteiger partial charge in [-0.05, 0) is 29.8 Å². The summed E-state index contributed by atoms with van der Waals surface area (Å²) in [6, 6.07) is 17.2. The lowest BCUT2D eigenvalue weighted by molar-refractivity contribution is 0.305. The average molecular weight is 288 g/mol. The molecule has 0 aliphatic rings. The van der Waals surface area contributed by atoms with Gasteiger partial charge in [0.1, 0.15) is 18.4 Å². The maximum Gasteiger partial charge on any atom is 0.137 e. The number of hydrogen-bond acceptors (Lipinski definition) is 2. The van der Waals surface area contributed by atoms with E-state index in [0.717, 1.165) is 10.0 Å². The maximum atomic E-state index is 8.92. The largest absolute Gasteiger partial charge is 0.488 e. The van der Waals surface area contributed by atoms with Crippen molar-refractivity contribution in [1.82, 2.24) is 0 Å². The summed E-state index contributed by atoms with van der Waals surface area (Å²) in [6.45, 7) is 0.456. The second-order valence-electron chi connectivity index (χ2n) is 3.53. The molecule has 2 nitrogen and oxygen atoms in total. The van der Waals surface area contributed by atoms with Crippen LogP contribution < -0.4 is 4.74 Å². The highest BCUT2D eigenvalue weighted by Gasteiger charge is 2.02. The molecule has 0 unspecified atom stereocenters. The van der Waals surface area contributed by atoms with Crippen LogP contribution in [0, 0.1) is 11.3 Å². The zero-order valence-electron chi connectivity index (χ0n) is 9.06. The summed E-state index contributed by atoms with van der Waals surface area (Å²) in [4.78, 5) is 0. The summed E-state index contributed by atoms with van der Waals surface area (Å²) in [5.74, 6) is 0.620. The summed E-state index contributed by atoms with van der Waals surface area (Å²) < 4.78 is 6.65. The van der Waals surface area contributed by atoms with Crippen molar-refractivity contribution in [3.8, 4) is 11.8 Å². The second kappa shape index (κ2) is 5.51. The van der Waals surface area contributed by atoms with Gasteiger partial charge in [0.15, 0.2) is 0 Å². The van der Waals surface area contributed by atoms with Crippen molar-refractivity contribution in [2.45, 2.75) is 6.61 Å². The molecule has 0 saturated carbocycles. The first-order valence-electron chi connectivity index (χ1n) is 5.16. The van der Waals surface area contributed by atoms with Gasteiger partial charge < -0.3 is 4.74 Å². The highest BCUT2D eigenvalue weighted by molar-refractivity contribution is 9.10. The number of rotatable bonds is 3. The molecule has 2 rings (SSSR count). The van der Waals surface area contributed by atoms with E-state index in [1.165, 1.54) is 0 Å². The number of benzene rings is 2. The Morgan fingerprint density at radius 1 is 1.12 bits per heavy atom. The van der Waals surface area contributed by atoms with Crippen LogP contribution >= 0.6 is 15.9 Å². The first-order chi connectivity index (χ1) is 8.29. The van der Waals surface area contributed by atoms with Gasteiger partial charge in [-0.1, -0.05) is 40.2 Å². The van der Waals surface area contributed by atoms with Gasteiger partial charge in [-0.15, -0.1) is 0 Å². The summed E-state index contributed by atoms with van der Waals surface area (Å²) >= 11 is 3.41. The number of para-hydroxylation sites is 1. The molecule has 0 spiro atoms. The highest BCUT2D eigenvalue weighted by Crippen LogP contribution is 2.19. The van der Waals surface area contributed by atoms with Gasteiger partial charge in [0.2, 0.25) is 0 Å². The number of nitrogens with zero attached hydrogens (tertiary/aromatic N) is 1. The molecule has 0 aromatic heterocycles. The third kappa shape index (κ3) is 3.08. The molecule has 17 heavy (non-hydrogen) atoms. The average Bonchev–Trinajstić information content (AvgIpc) is 2.37. The number of ether oxygens (including phenoxy) is 1. The molecule has 0 fully saturated rings. The topological polar surface area (TPSA) is 33.0 Å². The number of nitriles is 1. The molecule has 84 valence electrons. The first-order valence-corrected chi connectivity index (χ1v) is 5.95. The standard InChI is InChI=1S/C14H10BrNO/c15-13-6-3-4-11(8-13)10-17-14-7-2-1-5-12(14)9-16/h1-8H,10H2. The van der Waals surface area contributed by atoms with Crippen LogP contribution in [0.15, 0.2) is 53.0 Å². The van der Waals surface area contributed by atoms with Gasteiger partial charge >= 0.3 is 0 Å². The highest BCUT2D eigenvalue weighted by atomic mass is 79.9. The Kier molecular flexibility index (Phi) is 3.79. The van der Waals surface area contributed by atoms with Gasteiger partial charge in [0.05, 0.1) is 5.56 Å². The van der Waals surface area contributed by atoms with Crippen molar-refractivity contribution in [3.63, 3.8) is 0 Å².